The minimum absolute atomic E-state index is 1.72. The fourth-order valence-electron chi connectivity index (χ4n) is 0.112. The van der Waals surface area contributed by atoms with Crippen molar-refractivity contribution >= 4 is 15.4 Å². The molecule has 8 nitrogen and oxygen atoms in total. The number of rotatable bonds is 2. The zero-order valence-corrected chi connectivity index (χ0v) is 5.07. The maximum atomic E-state index is 9.88. The molecule has 9 heteroatoms. The van der Waals surface area contributed by atoms with Crippen molar-refractivity contribution in [1.82, 2.24) is 0 Å². The molecule has 0 aromatic carbocycles. The van der Waals surface area contributed by atoms with Crippen molar-refractivity contribution in [2.45, 2.75) is 0 Å². The first-order valence-electron chi connectivity index (χ1n) is 1.68. The van der Waals surface area contributed by atoms with Crippen LogP contribution >= 0.6 is 0 Å². The highest BCUT2D eigenvalue weighted by Crippen LogP contribution is 1.93. The van der Waals surface area contributed by atoms with E-state index in [0.717, 1.165) is 0 Å². The second-order valence-corrected chi connectivity index (χ2v) is 2.42. The summed E-state index contributed by atoms with van der Waals surface area (Å²) >= 11 is 0. The van der Waals surface area contributed by atoms with E-state index in [1.165, 1.54) is 0 Å². The van der Waals surface area contributed by atoms with Gasteiger partial charge in [-0.25, -0.2) is 4.79 Å². The molecule has 0 amide bonds. The monoisotopic (exact) mass is 171 g/mol. The van der Waals surface area contributed by atoms with Crippen LogP contribution in [-0.2, 0) is 14.4 Å². The fraction of sp³-hybridized carbons (Fsp3) is 0. The van der Waals surface area contributed by atoms with Crippen molar-refractivity contribution in [1.29, 1.82) is 0 Å². The van der Waals surface area contributed by atoms with Crippen LogP contribution in [0.1, 0.15) is 0 Å². The first-order chi connectivity index (χ1) is 4.36. The molecule has 58 valence electrons. The predicted octanol–water partition coefficient (Wildman–Crippen LogP) is -0.797. The van der Waals surface area contributed by atoms with Crippen molar-refractivity contribution in [3.63, 3.8) is 0 Å². The van der Waals surface area contributed by atoms with Gasteiger partial charge in [0.05, 0.1) is 0 Å². The first-order valence-corrected chi connectivity index (χ1v) is 3.09. The van der Waals surface area contributed by atoms with Gasteiger partial charge in [-0.2, -0.15) is 12.7 Å². The predicted molar refractivity (Wildman–Crippen MR) is 25.0 cm³/mol. The summed E-state index contributed by atoms with van der Waals surface area (Å²) in [7, 11) is -5.08. The highest BCUT2D eigenvalue weighted by atomic mass is 32.2. The van der Waals surface area contributed by atoms with Crippen LogP contribution < -0.4 is 0 Å². The molecule has 0 bridgehead atoms. The second-order valence-electron chi connectivity index (χ2n) is 1.02. The topological polar surface area (TPSA) is 124 Å². The lowest BCUT2D eigenvalue weighted by Crippen LogP contribution is -2.18. The Kier molecular flexibility index (Phi) is 2.13. The maximum Gasteiger partial charge on any atom is 0.448 e. The van der Waals surface area contributed by atoms with Crippen LogP contribution in [0.3, 0.4) is 0 Å². The maximum absolute atomic E-state index is 9.88. The SMILES string of the molecule is O=C(O)S(=O)(=O)O[N+](=O)[O-]. The molecule has 10 heavy (non-hydrogen) atoms. The lowest BCUT2D eigenvalue weighted by Gasteiger charge is -1.90. The Labute approximate surface area is 54.2 Å². The van der Waals surface area contributed by atoms with E-state index in [9.17, 15) is 23.3 Å². The van der Waals surface area contributed by atoms with Gasteiger partial charge in [0.25, 0.3) is 0 Å². The lowest BCUT2D eigenvalue weighted by atomic mass is 11.6. The van der Waals surface area contributed by atoms with Gasteiger partial charge in [-0.05, 0) is 0 Å². The number of nitrogens with zero attached hydrogens (tertiary/aromatic N) is 1. The van der Waals surface area contributed by atoms with E-state index in [-0.39, 0.29) is 0 Å². The van der Waals surface area contributed by atoms with Gasteiger partial charge in [0.15, 0.2) is 0 Å². The van der Waals surface area contributed by atoms with Crippen molar-refractivity contribution < 1.29 is 27.7 Å². The Hall–Kier alpha value is -1.38. The highest BCUT2D eigenvalue weighted by Gasteiger charge is 2.25. The van der Waals surface area contributed by atoms with E-state index in [1.807, 2.05) is 0 Å². The quantitative estimate of drug-likeness (QED) is 0.426. The van der Waals surface area contributed by atoms with Crippen LogP contribution in [0.15, 0.2) is 0 Å². The van der Waals surface area contributed by atoms with Gasteiger partial charge in [-0.1, -0.05) is 0 Å². The summed E-state index contributed by atoms with van der Waals surface area (Å²) in [5.41, 5.74) is 0. The van der Waals surface area contributed by atoms with Gasteiger partial charge in [-0.3, -0.25) is 0 Å². The Bertz CT molecular complexity index is 249. The molecule has 0 atom stereocenters. The van der Waals surface area contributed by atoms with E-state index >= 15 is 0 Å². The number of hydrogen-bond acceptors (Lipinski definition) is 6. The molecule has 0 rings (SSSR count). The third kappa shape index (κ3) is 2.26. The van der Waals surface area contributed by atoms with Gasteiger partial charge < -0.3 is 5.11 Å². The van der Waals surface area contributed by atoms with Gasteiger partial charge in [0.2, 0.25) is 0 Å². The van der Waals surface area contributed by atoms with Crippen molar-refractivity contribution in [2.24, 2.45) is 0 Å². The molecular formula is CHNO7S. The smallest absolute Gasteiger partial charge is 0.448 e. The Morgan fingerprint density at radius 1 is 1.60 bits per heavy atom. The van der Waals surface area contributed by atoms with Crippen LogP contribution in [0.2, 0.25) is 0 Å². The summed E-state index contributed by atoms with van der Waals surface area (Å²) in [6.45, 7) is 0. The van der Waals surface area contributed by atoms with Crippen LogP contribution in [0.25, 0.3) is 0 Å². The second kappa shape index (κ2) is 2.47. The van der Waals surface area contributed by atoms with Crippen LogP contribution in [-0.4, -0.2) is 23.9 Å². The standard InChI is InChI=1S/CHNO7S/c3-1(4)10(7,8)9-2(5)6/h(H,3,4). The highest BCUT2D eigenvalue weighted by molar-refractivity contribution is 8.01. The summed E-state index contributed by atoms with van der Waals surface area (Å²) < 4.78 is 22.5. The molecule has 0 aliphatic heterocycles. The molecule has 0 aliphatic rings. The van der Waals surface area contributed by atoms with Crippen molar-refractivity contribution in [3.8, 4) is 0 Å². The third-order valence-corrected chi connectivity index (χ3v) is 1.12. The molecule has 0 heterocycles. The van der Waals surface area contributed by atoms with E-state index in [2.05, 4.69) is 4.28 Å². The molecule has 0 aliphatic carbocycles. The van der Waals surface area contributed by atoms with E-state index in [4.69, 9.17) is 5.11 Å². The average molecular weight is 171 g/mol. The normalized spacial score (nSPS) is 10.4. The summed E-state index contributed by atoms with van der Waals surface area (Å²) in [6.07, 6.45) is 0. The molecule has 0 aromatic heterocycles. The van der Waals surface area contributed by atoms with E-state index < -0.39 is 20.5 Å². The van der Waals surface area contributed by atoms with Gasteiger partial charge in [0.1, 0.15) is 0 Å². The molecule has 0 spiro atoms. The van der Waals surface area contributed by atoms with Crippen LogP contribution in [0.4, 0.5) is 4.79 Å². The average Bonchev–Trinajstić information content (AvgIpc) is 1.60. The third-order valence-electron chi connectivity index (χ3n) is 0.373. The van der Waals surface area contributed by atoms with E-state index in [1.54, 1.807) is 0 Å². The molecule has 0 saturated carbocycles. The van der Waals surface area contributed by atoms with Gasteiger partial charge in [0, 0.05) is 0 Å². The van der Waals surface area contributed by atoms with E-state index in [0.29, 0.717) is 0 Å². The Morgan fingerprint density at radius 2 is 2.00 bits per heavy atom. The van der Waals surface area contributed by atoms with Crippen molar-refractivity contribution in [3.05, 3.63) is 10.1 Å². The van der Waals surface area contributed by atoms with Crippen molar-refractivity contribution in [2.75, 3.05) is 0 Å². The molecular weight excluding hydrogens is 170 g/mol. The molecule has 0 unspecified atom stereocenters. The largest absolute Gasteiger partial charge is 0.468 e. The van der Waals surface area contributed by atoms with Gasteiger partial charge in [-0.15, -0.1) is 10.1 Å². The first kappa shape index (κ1) is 8.62. The van der Waals surface area contributed by atoms with Gasteiger partial charge >= 0.3 is 20.5 Å². The lowest BCUT2D eigenvalue weighted by molar-refractivity contribution is -0.711. The molecule has 0 aromatic rings. The summed E-state index contributed by atoms with van der Waals surface area (Å²) in [5.74, 6) is 0. The number of carbonyl (C=O) groups is 1. The van der Waals surface area contributed by atoms with Crippen LogP contribution in [0, 0.1) is 10.1 Å². The fourth-order valence-corrected chi connectivity index (χ4v) is 0.336. The molecule has 0 saturated heterocycles. The Morgan fingerprint density at radius 3 is 2.10 bits per heavy atom. The number of hydrogen-bond donors (Lipinski definition) is 1. The molecule has 0 radical (unpaired) electrons. The minimum atomic E-state index is -5.08. The minimum Gasteiger partial charge on any atom is -0.468 e. The number of carboxylic acid groups (broad SMARTS) is 1. The summed E-state index contributed by atoms with van der Waals surface area (Å²) in [6, 6.07) is 0. The zero-order chi connectivity index (χ0) is 8.36. The zero-order valence-electron chi connectivity index (χ0n) is 4.25. The van der Waals surface area contributed by atoms with Crippen LogP contribution in [0.5, 0.6) is 0 Å². The Balaban J connectivity index is 4.46. The summed E-state index contributed by atoms with van der Waals surface area (Å²) in [4.78, 5) is 18.8. The molecule has 1 N–H and O–H groups in total. The summed E-state index contributed by atoms with van der Waals surface area (Å²) in [5, 5.41) is 12.8. The molecule has 0 fully saturated rings.